The summed E-state index contributed by atoms with van der Waals surface area (Å²) in [6.07, 6.45) is 1.72. The highest BCUT2D eigenvalue weighted by molar-refractivity contribution is 7.12. The van der Waals surface area contributed by atoms with E-state index in [0.29, 0.717) is 12.2 Å². The molecule has 0 bridgehead atoms. The molecule has 4 rings (SSSR count). The van der Waals surface area contributed by atoms with Crippen molar-refractivity contribution in [2.75, 3.05) is 11.9 Å². The smallest absolute Gasteiger partial charge is 0.312 e. The fourth-order valence-electron chi connectivity index (χ4n) is 4.07. The van der Waals surface area contributed by atoms with Gasteiger partial charge in [-0.15, -0.1) is 11.3 Å². The Kier molecular flexibility index (Phi) is 5.37. The van der Waals surface area contributed by atoms with E-state index in [-0.39, 0.29) is 17.9 Å². The monoisotopic (exact) mass is 412 g/mol. The van der Waals surface area contributed by atoms with Crippen LogP contribution in [0.5, 0.6) is 0 Å². The average Bonchev–Trinajstić information content (AvgIpc) is 3.03. The molecule has 1 aliphatic heterocycles. The van der Waals surface area contributed by atoms with Crippen molar-refractivity contribution in [1.82, 2.24) is 4.90 Å². The highest BCUT2D eigenvalue weighted by atomic mass is 32.1. The molecule has 0 aliphatic carbocycles. The lowest BCUT2D eigenvalue weighted by atomic mass is 9.92. The number of hydrogen-bond acceptors (Lipinski definition) is 2. The van der Waals surface area contributed by atoms with Crippen molar-refractivity contribution < 1.29 is 13.6 Å². The van der Waals surface area contributed by atoms with Crippen molar-refractivity contribution in [3.05, 3.63) is 86.6 Å². The Morgan fingerprint density at radius 3 is 2.62 bits per heavy atom. The van der Waals surface area contributed by atoms with Crippen LogP contribution in [0.3, 0.4) is 0 Å². The molecule has 1 atom stereocenters. The molecule has 3 aromatic rings. The number of carbonyl (C=O) groups excluding carboxylic acids is 1. The lowest BCUT2D eigenvalue weighted by Crippen LogP contribution is -2.42. The molecule has 0 saturated heterocycles. The van der Waals surface area contributed by atoms with Crippen LogP contribution in [-0.4, -0.2) is 17.5 Å². The van der Waals surface area contributed by atoms with Crippen LogP contribution in [0.15, 0.2) is 48.5 Å². The lowest BCUT2D eigenvalue weighted by Gasteiger charge is -2.36. The minimum Gasteiger partial charge on any atom is -0.312 e. The van der Waals surface area contributed by atoms with Crippen LogP contribution in [0.4, 0.5) is 19.3 Å². The van der Waals surface area contributed by atoms with Gasteiger partial charge in [-0.05, 0) is 66.8 Å². The summed E-state index contributed by atoms with van der Waals surface area (Å²) in [5.74, 6) is -0.711. The molecular formula is C23H22F2N2OS. The van der Waals surface area contributed by atoms with Gasteiger partial charge < -0.3 is 10.2 Å². The number of rotatable bonds is 3. The van der Waals surface area contributed by atoms with Crippen molar-refractivity contribution in [3.63, 3.8) is 0 Å². The minimum atomic E-state index is -0.403. The average molecular weight is 413 g/mol. The van der Waals surface area contributed by atoms with Gasteiger partial charge in [0.2, 0.25) is 0 Å². The standard InChI is InChI=1S/C23H22F2N2OS/c1-3-19-14(2)29-22-20(19)11-12-27(21(22)15-7-9-16(24)10-8-15)23(28)26-18-6-4-5-17(25)13-18/h4-10,13,21H,3,11-12H2,1-2H3,(H,26,28). The van der Waals surface area contributed by atoms with Crippen LogP contribution in [0.2, 0.25) is 0 Å². The number of benzene rings is 2. The Bertz CT molecular complexity index is 1050. The first kappa shape index (κ1) is 19.6. The van der Waals surface area contributed by atoms with Crippen molar-refractivity contribution >= 4 is 23.1 Å². The number of nitrogens with one attached hydrogen (secondary N) is 1. The summed E-state index contributed by atoms with van der Waals surface area (Å²) < 4.78 is 27.1. The third-order valence-corrected chi connectivity index (χ3v) is 6.63. The Morgan fingerprint density at radius 2 is 1.93 bits per heavy atom. The predicted octanol–water partition coefficient (Wildman–Crippen LogP) is 6.08. The number of anilines is 1. The highest BCUT2D eigenvalue weighted by Crippen LogP contribution is 2.43. The third kappa shape index (κ3) is 3.77. The normalized spacial score (nSPS) is 15.9. The third-order valence-electron chi connectivity index (χ3n) is 5.39. The quantitative estimate of drug-likeness (QED) is 0.556. The van der Waals surface area contributed by atoms with Crippen molar-refractivity contribution in [2.24, 2.45) is 0 Å². The van der Waals surface area contributed by atoms with Gasteiger partial charge in [-0.1, -0.05) is 25.1 Å². The summed E-state index contributed by atoms with van der Waals surface area (Å²) in [6, 6.07) is 11.6. The molecule has 0 saturated carbocycles. The number of aryl methyl sites for hydroxylation is 1. The first-order valence-electron chi connectivity index (χ1n) is 9.67. The van der Waals surface area contributed by atoms with E-state index in [1.807, 2.05) is 0 Å². The van der Waals surface area contributed by atoms with Crippen LogP contribution in [0.25, 0.3) is 0 Å². The molecule has 1 aliphatic rings. The number of fused-ring (bicyclic) bond motifs is 1. The first-order chi connectivity index (χ1) is 14.0. The molecule has 6 heteroatoms. The van der Waals surface area contributed by atoms with E-state index in [2.05, 4.69) is 19.2 Å². The zero-order valence-corrected chi connectivity index (χ0v) is 17.2. The van der Waals surface area contributed by atoms with E-state index in [4.69, 9.17) is 0 Å². The van der Waals surface area contributed by atoms with Crippen LogP contribution in [-0.2, 0) is 12.8 Å². The van der Waals surface area contributed by atoms with Gasteiger partial charge in [0.15, 0.2) is 0 Å². The number of nitrogens with zero attached hydrogens (tertiary/aromatic N) is 1. The van der Waals surface area contributed by atoms with E-state index in [1.54, 1.807) is 40.5 Å². The summed E-state index contributed by atoms with van der Waals surface area (Å²) in [5, 5.41) is 2.81. The lowest BCUT2D eigenvalue weighted by molar-refractivity contribution is 0.195. The van der Waals surface area contributed by atoms with Crippen LogP contribution in [0, 0.1) is 18.6 Å². The molecule has 150 valence electrons. The first-order valence-corrected chi connectivity index (χ1v) is 10.5. The Balaban J connectivity index is 1.73. The second kappa shape index (κ2) is 7.95. The van der Waals surface area contributed by atoms with E-state index in [9.17, 15) is 13.6 Å². The van der Waals surface area contributed by atoms with Crippen LogP contribution < -0.4 is 5.32 Å². The van der Waals surface area contributed by atoms with Crippen molar-refractivity contribution in [1.29, 1.82) is 0 Å². The van der Waals surface area contributed by atoms with E-state index >= 15 is 0 Å². The van der Waals surface area contributed by atoms with Crippen LogP contribution >= 0.6 is 11.3 Å². The van der Waals surface area contributed by atoms with Gasteiger partial charge in [0.1, 0.15) is 11.6 Å². The van der Waals surface area contributed by atoms with Gasteiger partial charge in [0, 0.05) is 22.0 Å². The molecule has 2 heterocycles. The molecule has 0 radical (unpaired) electrons. The summed E-state index contributed by atoms with van der Waals surface area (Å²) in [6.45, 7) is 4.80. The predicted molar refractivity (Wildman–Crippen MR) is 113 cm³/mol. The second-order valence-corrected chi connectivity index (χ2v) is 8.43. The molecule has 1 unspecified atom stereocenters. The fourth-order valence-corrected chi connectivity index (χ4v) is 5.51. The molecule has 29 heavy (non-hydrogen) atoms. The van der Waals surface area contributed by atoms with E-state index in [0.717, 1.165) is 23.3 Å². The second-order valence-electron chi connectivity index (χ2n) is 7.17. The number of hydrogen-bond donors (Lipinski definition) is 1. The molecule has 1 N–H and O–H groups in total. The maximum atomic E-state index is 13.5. The van der Waals surface area contributed by atoms with E-state index in [1.165, 1.54) is 40.3 Å². The van der Waals surface area contributed by atoms with Gasteiger partial charge >= 0.3 is 6.03 Å². The summed E-state index contributed by atoms with van der Waals surface area (Å²) in [5.41, 5.74) is 3.93. The highest BCUT2D eigenvalue weighted by Gasteiger charge is 2.35. The van der Waals surface area contributed by atoms with Crippen molar-refractivity contribution in [3.8, 4) is 0 Å². The largest absolute Gasteiger partial charge is 0.322 e. The number of thiophene rings is 1. The van der Waals surface area contributed by atoms with Gasteiger partial charge in [-0.3, -0.25) is 0 Å². The number of carbonyl (C=O) groups is 1. The van der Waals surface area contributed by atoms with Gasteiger partial charge in [-0.25, -0.2) is 13.6 Å². The van der Waals surface area contributed by atoms with Crippen molar-refractivity contribution in [2.45, 2.75) is 32.7 Å². The summed E-state index contributed by atoms with van der Waals surface area (Å²) >= 11 is 1.70. The molecule has 0 fully saturated rings. The molecule has 3 nitrogen and oxygen atoms in total. The maximum absolute atomic E-state index is 13.5. The Morgan fingerprint density at radius 1 is 1.17 bits per heavy atom. The number of halogens is 2. The molecule has 1 aromatic heterocycles. The number of urea groups is 1. The zero-order valence-electron chi connectivity index (χ0n) is 16.3. The van der Waals surface area contributed by atoms with Gasteiger partial charge in [0.05, 0.1) is 6.04 Å². The maximum Gasteiger partial charge on any atom is 0.322 e. The Labute approximate surface area is 173 Å². The van der Waals surface area contributed by atoms with Gasteiger partial charge in [0.25, 0.3) is 0 Å². The summed E-state index contributed by atoms with van der Waals surface area (Å²) in [4.78, 5) is 17.3. The molecule has 2 aromatic carbocycles. The Hall–Kier alpha value is -2.73. The number of amides is 2. The summed E-state index contributed by atoms with van der Waals surface area (Å²) in [7, 11) is 0. The van der Waals surface area contributed by atoms with Crippen LogP contribution in [0.1, 0.15) is 39.4 Å². The zero-order chi connectivity index (χ0) is 20.5. The van der Waals surface area contributed by atoms with Gasteiger partial charge in [-0.2, -0.15) is 0 Å². The minimum absolute atomic E-state index is 0.292. The fraction of sp³-hybridized carbons (Fsp3) is 0.261. The SMILES string of the molecule is CCc1c(C)sc2c1CCN(C(=O)Nc1cccc(F)c1)C2c1ccc(F)cc1. The van der Waals surface area contributed by atoms with E-state index < -0.39 is 5.82 Å². The molecular weight excluding hydrogens is 390 g/mol. The molecule has 0 spiro atoms. The topological polar surface area (TPSA) is 32.3 Å². The molecule has 2 amide bonds.